The van der Waals surface area contributed by atoms with Gasteiger partial charge in [-0.25, -0.2) is 0 Å². The minimum atomic E-state index is 0.109. The van der Waals surface area contributed by atoms with E-state index in [4.69, 9.17) is 10.2 Å². The number of nitrogens with zero attached hydrogens (tertiary/aromatic N) is 3. The van der Waals surface area contributed by atoms with Crippen LogP contribution in [-0.4, -0.2) is 33.3 Å². The van der Waals surface area contributed by atoms with Crippen molar-refractivity contribution in [2.24, 2.45) is 0 Å². The Balaban J connectivity index is 1.89. The van der Waals surface area contributed by atoms with Gasteiger partial charge < -0.3 is 10.4 Å². The van der Waals surface area contributed by atoms with Gasteiger partial charge in [-0.3, -0.25) is 0 Å². The van der Waals surface area contributed by atoms with Gasteiger partial charge in [0.1, 0.15) is 11.4 Å². The van der Waals surface area contributed by atoms with Crippen molar-refractivity contribution >= 4 is 0 Å². The Morgan fingerprint density at radius 3 is 2.50 bits per heavy atom. The van der Waals surface area contributed by atoms with Crippen molar-refractivity contribution in [2.75, 3.05) is 13.2 Å². The molecule has 1 aromatic heterocycles. The molecule has 1 heterocycles. The lowest BCUT2D eigenvalue weighted by Gasteiger charge is -2.04. The molecule has 0 saturated heterocycles. The van der Waals surface area contributed by atoms with Crippen LogP contribution in [0.15, 0.2) is 54.6 Å². The smallest absolute Gasteiger partial charge is 0.117 e. The highest BCUT2D eigenvalue weighted by Crippen LogP contribution is 2.20. The minimum absolute atomic E-state index is 0.109. The number of hydrogen-bond acceptors (Lipinski definition) is 4. The summed E-state index contributed by atoms with van der Waals surface area (Å²) < 4.78 is 0. The van der Waals surface area contributed by atoms with Gasteiger partial charge in [0.05, 0.1) is 13.2 Å². The van der Waals surface area contributed by atoms with Gasteiger partial charge in [-0.05, 0) is 18.1 Å². The summed E-state index contributed by atoms with van der Waals surface area (Å²) in [5, 5.41) is 21.5. The predicted octanol–water partition coefficient (Wildman–Crippen LogP) is 2.38. The topological polar surface area (TPSA) is 63.0 Å². The van der Waals surface area contributed by atoms with E-state index in [1.165, 1.54) is 11.1 Å². The molecule has 0 aliphatic heterocycles. The van der Waals surface area contributed by atoms with Crippen LogP contribution in [0.4, 0.5) is 0 Å². The third-order valence-electron chi connectivity index (χ3n) is 3.93. The number of hydrogen-bond donors (Lipinski definition) is 2. The highest BCUT2D eigenvalue weighted by atomic mass is 16.3. The summed E-state index contributed by atoms with van der Waals surface area (Å²) in [6.45, 7) is 3.97. The molecule has 0 aliphatic rings. The fraction of sp³-hybridized carbons (Fsp3) is 0.263. The van der Waals surface area contributed by atoms with Crippen LogP contribution in [0.25, 0.3) is 11.3 Å². The van der Waals surface area contributed by atoms with E-state index in [-0.39, 0.29) is 6.61 Å². The Morgan fingerprint density at radius 1 is 1.00 bits per heavy atom. The maximum Gasteiger partial charge on any atom is 0.117 e. The number of nitrogens with one attached hydrogen (secondary N) is 1. The van der Waals surface area contributed by atoms with Gasteiger partial charge in [-0.1, -0.05) is 54.6 Å². The number of aliphatic hydroxyl groups is 1. The second kappa shape index (κ2) is 7.86. The Morgan fingerprint density at radius 2 is 1.75 bits per heavy atom. The molecule has 0 unspecified atom stereocenters. The van der Waals surface area contributed by atoms with Crippen LogP contribution in [0.5, 0.6) is 0 Å². The normalized spacial score (nSPS) is 10.9. The molecule has 124 valence electrons. The van der Waals surface area contributed by atoms with Gasteiger partial charge in [-0.2, -0.15) is 15.0 Å². The monoisotopic (exact) mass is 322 g/mol. The molecule has 2 aromatic carbocycles. The molecule has 0 spiro atoms. The molecule has 24 heavy (non-hydrogen) atoms. The molecule has 3 rings (SSSR count). The van der Waals surface area contributed by atoms with E-state index >= 15 is 0 Å². The van der Waals surface area contributed by atoms with E-state index in [0.717, 1.165) is 17.0 Å². The number of aromatic nitrogens is 3. The maximum atomic E-state index is 8.96. The molecule has 0 fully saturated rings. The first-order chi connectivity index (χ1) is 11.8. The molecule has 0 saturated carbocycles. The van der Waals surface area contributed by atoms with Crippen molar-refractivity contribution in [2.45, 2.75) is 20.0 Å². The Labute approximate surface area is 142 Å². The number of aryl methyl sites for hydroxylation is 1. The van der Waals surface area contributed by atoms with E-state index in [1.807, 2.05) is 42.5 Å². The van der Waals surface area contributed by atoms with E-state index in [0.29, 0.717) is 19.6 Å². The number of benzene rings is 2. The molecule has 0 radical (unpaired) electrons. The lowest BCUT2D eigenvalue weighted by atomic mass is 10.1. The van der Waals surface area contributed by atoms with Gasteiger partial charge in [0, 0.05) is 18.7 Å². The van der Waals surface area contributed by atoms with Crippen LogP contribution in [0, 0.1) is 6.92 Å². The van der Waals surface area contributed by atoms with Crippen LogP contribution in [0.3, 0.4) is 0 Å². The van der Waals surface area contributed by atoms with Crippen LogP contribution in [0.1, 0.15) is 16.8 Å². The average Bonchev–Trinajstić information content (AvgIpc) is 3.01. The zero-order valence-corrected chi connectivity index (χ0v) is 13.8. The maximum absolute atomic E-state index is 8.96. The molecule has 2 N–H and O–H groups in total. The Kier molecular flexibility index (Phi) is 5.36. The lowest BCUT2D eigenvalue weighted by molar-refractivity contribution is 0.291. The third kappa shape index (κ3) is 3.88. The standard InChI is InChI=1S/C19H22N4O/c1-15-7-5-6-10-17(15)14-23-21-18(13-20-11-12-24)19(22-23)16-8-3-2-4-9-16/h2-10,20,24H,11-14H2,1H3. The first kappa shape index (κ1) is 16.4. The largest absolute Gasteiger partial charge is 0.395 e. The molecule has 5 heteroatoms. The zero-order chi connectivity index (χ0) is 16.8. The Hall–Kier alpha value is -2.50. The minimum Gasteiger partial charge on any atom is -0.395 e. The third-order valence-corrected chi connectivity index (χ3v) is 3.93. The van der Waals surface area contributed by atoms with Crippen molar-refractivity contribution in [3.63, 3.8) is 0 Å². The van der Waals surface area contributed by atoms with Gasteiger partial charge in [-0.15, -0.1) is 0 Å². The molecule has 0 aliphatic carbocycles. The first-order valence-corrected chi connectivity index (χ1v) is 8.13. The summed E-state index contributed by atoms with van der Waals surface area (Å²) in [5.74, 6) is 0. The fourth-order valence-electron chi connectivity index (χ4n) is 2.62. The van der Waals surface area contributed by atoms with Crippen molar-refractivity contribution in [3.05, 3.63) is 71.4 Å². The number of aliphatic hydroxyl groups excluding tert-OH is 1. The van der Waals surface area contributed by atoms with Crippen LogP contribution >= 0.6 is 0 Å². The van der Waals surface area contributed by atoms with Crippen molar-refractivity contribution in [1.82, 2.24) is 20.3 Å². The highest BCUT2D eigenvalue weighted by molar-refractivity contribution is 5.60. The van der Waals surface area contributed by atoms with Crippen LogP contribution < -0.4 is 5.32 Å². The zero-order valence-electron chi connectivity index (χ0n) is 13.8. The summed E-state index contributed by atoms with van der Waals surface area (Å²) >= 11 is 0. The van der Waals surface area contributed by atoms with E-state index in [1.54, 1.807) is 4.80 Å². The second-order valence-corrected chi connectivity index (χ2v) is 5.72. The SMILES string of the molecule is Cc1ccccc1Cn1nc(CNCCO)c(-c2ccccc2)n1. The summed E-state index contributed by atoms with van der Waals surface area (Å²) in [6.07, 6.45) is 0. The van der Waals surface area contributed by atoms with E-state index in [2.05, 4.69) is 29.5 Å². The van der Waals surface area contributed by atoms with Gasteiger partial charge in [0.2, 0.25) is 0 Å². The molecular formula is C19H22N4O. The van der Waals surface area contributed by atoms with Gasteiger partial charge >= 0.3 is 0 Å². The van der Waals surface area contributed by atoms with E-state index < -0.39 is 0 Å². The Bertz CT molecular complexity index is 783. The molecule has 5 nitrogen and oxygen atoms in total. The molecule has 0 bridgehead atoms. The summed E-state index contributed by atoms with van der Waals surface area (Å²) in [4.78, 5) is 1.75. The van der Waals surface area contributed by atoms with Crippen molar-refractivity contribution in [3.8, 4) is 11.3 Å². The summed E-state index contributed by atoms with van der Waals surface area (Å²) in [5.41, 5.74) is 5.27. The second-order valence-electron chi connectivity index (χ2n) is 5.72. The molecular weight excluding hydrogens is 300 g/mol. The highest BCUT2D eigenvalue weighted by Gasteiger charge is 2.13. The quantitative estimate of drug-likeness (QED) is 0.656. The van der Waals surface area contributed by atoms with Crippen LogP contribution in [-0.2, 0) is 13.1 Å². The van der Waals surface area contributed by atoms with Gasteiger partial charge in [0.25, 0.3) is 0 Å². The number of rotatable bonds is 7. The first-order valence-electron chi connectivity index (χ1n) is 8.13. The van der Waals surface area contributed by atoms with Crippen LogP contribution in [0.2, 0.25) is 0 Å². The average molecular weight is 322 g/mol. The van der Waals surface area contributed by atoms with E-state index in [9.17, 15) is 0 Å². The predicted molar refractivity (Wildman–Crippen MR) is 94.5 cm³/mol. The summed E-state index contributed by atoms with van der Waals surface area (Å²) in [6, 6.07) is 18.3. The van der Waals surface area contributed by atoms with Gasteiger partial charge in [0.15, 0.2) is 0 Å². The summed E-state index contributed by atoms with van der Waals surface area (Å²) in [7, 11) is 0. The fourth-order valence-corrected chi connectivity index (χ4v) is 2.62. The van der Waals surface area contributed by atoms with Crippen molar-refractivity contribution < 1.29 is 5.11 Å². The lowest BCUT2D eigenvalue weighted by Crippen LogP contribution is -2.18. The molecule has 0 amide bonds. The molecule has 0 atom stereocenters. The van der Waals surface area contributed by atoms with Crippen molar-refractivity contribution in [1.29, 1.82) is 0 Å². The molecule has 3 aromatic rings.